The van der Waals surface area contributed by atoms with Gasteiger partial charge in [-0.3, -0.25) is 0 Å². The molecule has 1 aliphatic carbocycles. The van der Waals surface area contributed by atoms with Crippen molar-refractivity contribution in [2.75, 3.05) is 0 Å². The van der Waals surface area contributed by atoms with E-state index >= 15 is 0 Å². The van der Waals surface area contributed by atoms with E-state index in [1.54, 1.807) is 0 Å². The van der Waals surface area contributed by atoms with Crippen LogP contribution in [0, 0.1) is 23.2 Å². The lowest BCUT2D eigenvalue weighted by Crippen LogP contribution is -2.13. The van der Waals surface area contributed by atoms with E-state index in [1.165, 1.54) is 32.1 Å². The van der Waals surface area contributed by atoms with Gasteiger partial charge in [0.05, 0.1) is 6.07 Å². The van der Waals surface area contributed by atoms with Crippen LogP contribution < -0.4 is 0 Å². The zero-order chi connectivity index (χ0) is 8.10. The van der Waals surface area contributed by atoms with Crippen molar-refractivity contribution < 1.29 is 0 Å². The molecule has 0 spiro atoms. The molecule has 0 bridgehead atoms. The van der Waals surface area contributed by atoms with Crippen molar-refractivity contribution in [1.82, 2.24) is 0 Å². The number of rotatable bonds is 2. The summed E-state index contributed by atoms with van der Waals surface area (Å²) in [5.41, 5.74) is 0. The van der Waals surface area contributed by atoms with E-state index in [-0.39, 0.29) is 0 Å². The number of hydrogen-bond donors (Lipinski definition) is 0. The van der Waals surface area contributed by atoms with Gasteiger partial charge in [0.1, 0.15) is 0 Å². The fourth-order valence-electron chi connectivity index (χ4n) is 2.08. The first-order chi connectivity index (χ1) is 5.36. The van der Waals surface area contributed by atoms with Gasteiger partial charge in [-0.1, -0.05) is 32.6 Å². The molecule has 0 aliphatic heterocycles. The fourth-order valence-corrected chi connectivity index (χ4v) is 2.08. The predicted octanol–water partition coefficient (Wildman–Crippen LogP) is 3.12. The Hall–Kier alpha value is -0.510. The summed E-state index contributed by atoms with van der Waals surface area (Å²) in [6.07, 6.45) is 7.58. The molecule has 0 aromatic heterocycles. The van der Waals surface area contributed by atoms with Gasteiger partial charge in [0.15, 0.2) is 0 Å². The quantitative estimate of drug-likeness (QED) is 0.595. The Bertz CT molecular complexity index is 143. The monoisotopic (exact) mass is 151 g/mol. The van der Waals surface area contributed by atoms with Crippen LogP contribution in [0.4, 0.5) is 0 Å². The highest BCUT2D eigenvalue weighted by molar-refractivity contribution is 4.87. The zero-order valence-electron chi connectivity index (χ0n) is 7.34. The van der Waals surface area contributed by atoms with Gasteiger partial charge >= 0.3 is 0 Å². The second-order valence-corrected chi connectivity index (χ2v) is 3.65. The molecule has 0 aromatic carbocycles. The molecule has 0 radical (unpaired) electrons. The molecule has 1 rings (SSSR count). The van der Waals surface area contributed by atoms with Crippen molar-refractivity contribution in [3.8, 4) is 6.07 Å². The van der Waals surface area contributed by atoms with Gasteiger partial charge in [-0.05, 0) is 18.8 Å². The van der Waals surface area contributed by atoms with Crippen molar-refractivity contribution in [2.45, 2.75) is 45.4 Å². The molecular formula is C10H17N. The maximum Gasteiger partial charge on any atom is 0.0655 e. The summed E-state index contributed by atoms with van der Waals surface area (Å²) in [6.45, 7) is 2.23. The van der Waals surface area contributed by atoms with Crippen molar-refractivity contribution in [3.63, 3.8) is 0 Å². The summed E-state index contributed by atoms with van der Waals surface area (Å²) < 4.78 is 0. The first-order valence-electron chi connectivity index (χ1n) is 4.76. The van der Waals surface area contributed by atoms with Crippen LogP contribution in [0.25, 0.3) is 0 Å². The highest BCUT2D eigenvalue weighted by atomic mass is 14.3. The highest BCUT2D eigenvalue weighted by Crippen LogP contribution is 2.31. The van der Waals surface area contributed by atoms with Crippen molar-refractivity contribution in [3.05, 3.63) is 0 Å². The standard InChI is InChI=1S/C10H17N/c1-2-4-9-5-3-6-10(7-9)8-11/h9-10H,2-7H2,1H3. The average Bonchev–Trinajstić information content (AvgIpc) is 2.06. The van der Waals surface area contributed by atoms with Gasteiger partial charge in [0.25, 0.3) is 0 Å². The number of nitriles is 1. The fraction of sp³-hybridized carbons (Fsp3) is 0.900. The van der Waals surface area contributed by atoms with Gasteiger partial charge in [0.2, 0.25) is 0 Å². The Kier molecular flexibility index (Phi) is 3.42. The molecule has 0 N–H and O–H groups in total. The van der Waals surface area contributed by atoms with E-state index in [1.807, 2.05) is 0 Å². The summed E-state index contributed by atoms with van der Waals surface area (Å²) in [7, 11) is 0. The van der Waals surface area contributed by atoms with Crippen LogP contribution in [0.3, 0.4) is 0 Å². The first kappa shape index (κ1) is 8.59. The van der Waals surface area contributed by atoms with Gasteiger partial charge in [-0.25, -0.2) is 0 Å². The molecule has 0 amide bonds. The number of hydrogen-bond acceptors (Lipinski definition) is 1. The Morgan fingerprint density at radius 3 is 2.91 bits per heavy atom. The molecule has 1 saturated carbocycles. The molecule has 11 heavy (non-hydrogen) atoms. The Balaban J connectivity index is 2.29. The van der Waals surface area contributed by atoms with E-state index in [0.717, 1.165) is 12.3 Å². The largest absolute Gasteiger partial charge is 0.198 e. The SMILES string of the molecule is CCCC1CCCC(C#N)C1. The second-order valence-electron chi connectivity index (χ2n) is 3.65. The second kappa shape index (κ2) is 4.38. The Morgan fingerprint density at radius 2 is 2.27 bits per heavy atom. The van der Waals surface area contributed by atoms with E-state index in [2.05, 4.69) is 13.0 Å². The highest BCUT2D eigenvalue weighted by Gasteiger charge is 2.20. The zero-order valence-corrected chi connectivity index (χ0v) is 7.34. The molecule has 0 heterocycles. The van der Waals surface area contributed by atoms with Crippen LogP contribution in [-0.2, 0) is 0 Å². The molecule has 2 atom stereocenters. The summed E-state index contributed by atoms with van der Waals surface area (Å²) in [4.78, 5) is 0. The van der Waals surface area contributed by atoms with Crippen LogP contribution in [0.15, 0.2) is 0 Å². The van der Waals surface area contributed by atoms with Crippen LogP contribution in [-0.4, -0.2) is 0 Å². The van der Waals surface area contributed by atoms with Crippen molar-refractivity contribution in [1.29, 1.82) is 5.26 Å². The van der Waals surface area contributed by atoms with Crippen LogP contribution in [0.5, 0.6) is 0 Å². The lowest BCUT2D eigenvalue weighted by molar-refractivity contribution is 0.293. The summed E-state index contributed by atoms with van der Waals surface area (Å²) in [6, 6.07) is 2.39. The molecule has 1 fully saturated rings. The van der Waals surface area contributed by atoms with E-state index in [0.29, 0.717) is 5.92 Å². The molecular weight excluding hydrogens is 134 g/mol. The third-order valence-corrected chi connectivity index (χ3v) is 2.66. The lowest BCUT2D eigenvalue weighted by Gasteiger charge is -2.24. The minimum absolute atomic E-state index is 0.375. The minimum atomic E-state index is 0.375. The van der Waals surface area contributed by atoms with E-state index in [4.69, 9.17) is 5.26 Å². The maximum atomic E-state index is 8.73. The molecule has 62 valence electrons. The Labute approximate surface area is 69.4 Å². The van der Waals surface area contributed by atoms with Crippen LogP contribution >= 0.6 is 0 Å². The number of nitrogens with zero attached hydrogens (tertiary/aromatic N) is 1. The topological polar surface area (TPSA) is 23.8 Å². The smallest absolute Gasteiger partial charge is 0.0655 e. The minimum Gasteiger partial charge on any atom is -0.198 e. The summed E-state index contributed by atoms with van der Waals surface area (Å²) in [5, 5.41) is 8.73. The maximum absolute atomic E-state index is 8.73. The van der Waals surface area contributed by atoms with Crippen molar-refractivity contribution >= 4 is 0 Å². The average molecular weight is 151 g/mol. The summed E-state index contributed by atoms with van der Waals surface area (Å²) in [5.74, 6) is 1.23. The molecule has 1 aliphatic rings. The summed E-state index contributed by atoms with van der Waals surface area (Å²) >= 11 is 0. The van der Waals surface area contributed by atoms with Gasteiger partial charge in [0, 0.05) is 5.92 Å². The van der Waals surface area contributed by atoms with Crippen molar-refractivity contribution in [2.24, 2.45) is 11.8 Å². The third kappa shape index (κ3) is 2.54. The van der Waals surface area contributed by atoms with Crippen LogP contribution in [0.2, 0.25) is 0 Å². The molecule has 0 aromatic rings. The van der Waals surface area contributed by atoms with Gasteiger partial charge in [-0.2, -0.15) is 5.26 Å². The third-order valence-electron chi connectivity index (χ3n) is 2.66. The van der Waals surface area contributed by atoms with E-state index < -0.39 is 0 Å². The Morgan fingerprint density at radius 1 is 1.45 bits per heavy atom. The van der Waals surface area contributed by atoms with Gasteiger partial charge in [-0.15, -0.1) is 0 Å². The lowest BCUT2D eigenvalue weighted by atomic mass is 9.80. The molecule has 1 heteroatoms. The molecule has 0 saturated heterocycles. The van der Waals surface area contributed by atoms with Crippen LogP contribution in [0.1, 0.15) is 45.4 Å². The molecule has 1 nitrogen and oxygen atoms in total. The van der Waals surface area contributed by atoms with Gasteiger partial charge < -0.3 is 0 Å². The normalized spacial score (nSPS) is 31.3. The first-order valence-corrected chi connectivity index (χ1v) is 4.76. The molecule has 2 unspecified atom stereocenters. The predicted molar refractivity (Wildman–Crippen MR) is 46.0 cm³/mol. The van der Waals surface area contributed by atoms with E-state index in [9.17, 15) is 0 Å².